The van der Waals surface area contributed by atoms with Crippen LogP contribution in [0.25, 0.3) is 11.2 Å². The van der Waals surface area contributed by atoms with Gasteiger partial charge in [-0.15, -0.1) is 5.10 Å². The van der Waals surface area contributed by atoms with Crippen LogP contribution >= 0.6 is 26.8 Å². The Morgan fingerprint density at radius 2 is 2.00 bits per heavy atom. The first-order chi connectivity index (χ1) is 17.6. The highest BCUT2D eigenvalue weighted by Crippen LogP contribution is 2.58. The zero-order valence-electron chi connectivity index (χ0n) is 20.2. The predicted molar refractivity (Wildman–Crippen MR) is 135 cm³/mol. The maximum atomic E-state index is 12.5. The van der Waals surface area contributed by atoms with Gasteiger partial charge in [0, 0.05) is 14.2 Å². The first-order valence-corrected chi connectivity index (χ1v) is 15.6. The molecule has 2 aromatic heterocycles. The highest BCUT2D eigenvalue weighted by atomic mass is 35.5. The van der Waals surface area contributed by atoms with Crippen molar-refractivity contribution in [3.8, 4) is 0 Å². The fraction of sp³-hybridized carbons (Fsp3) is 0.524. The van der Waals surface area contributed by atoms with E-state index in [1.54, 1.807) is 0 Å². The lowest BCUT2D eigenvalue weighted by molar-refractivity contribution is -0.0243. The Balaban J connectivity index is 1.34. The molecule has 3 heterocycles. The molecule has 37 heavy (non-hydrogen) atoms. The van der Waals surface area contributed by atoms with Gasteiger partial charge in [0.1, 0.15) is 0 Å². The zero-order valence-corrected chi connectivity index (χ0v) is 22.7. The maximum absolute atomic E-state index is 12.5. The summed E-state index contributed by atoms with van der Waals surface area (Å²) >= 11 is 6.32. The van der Waals surface area contributed by atoms with Crippen molar-refractivity contribution in [3.05, 3.63) is 40.7 Å². The molecule has 0 bridgehead atoms. The molecule has 0 saturated carbocycles. The summed E-state index contributed by atoms with van der Waals surface area (Å²) in [5.41, 5.74) is 3.47. The second kappa shape index (κ2) is 10.3. The molecule has 0 spiro atoms. The van der Waals surface area contributed by atoms with Crippen molar-refractivity contribution in [1.82, 2.24) is 25.0 Å². The lowest BCUT2D eigenvalue weighted by atomic mass is 10.1. The van der Waals surface area contributed by atoms with E-state index in [4.69, 9.17) is 35.2 Å². The van der Waals surface area contributed by atoms with Crippen molar-refractivity contribution in [1.29, 1.82) is 0 Å². The standard InChI is InChI=1S/C21H27ClN6O7P2/c1-27(16-9-7-13-5-3-4-6-15(13)16)19-18-20(24-21(22)23-19)28(26-25-18)17-10-8-14(35-17)11-34-37(32,33-2)12-36(29,30)31/h3-6,14,16-17H,7-12H2,1-2H3,(H2,29,30,31)/t14-,16-,17+,37?/m0/s1. The fourth-order valence-corrected chi connectivity index (χ4v) is 8.13. The highest BCUT2D eigenvalue weighted by molar-refractivity contribution is 7.70. The van der Waals surface area contributed by atoms with Gasteiger partial charge in [0.15, 0.2) is 29.1 Å². The molecular weight excluding hydrogens is 546 g/mol. The zero-order chi connectivity index (χ0) is 26.4. The van der Waals surface area contributed by atoms with E-state index in [1.807, 2.05) is 19.2 Å². The highest BCUT2D eigenvalue weighted by Gasteiger charge is 2.37. The second-order valence-corrected chi connectivity index (χ2v) is 13.7. The lowest BCUT2D eigenvalue weighted by Gasteiger charge is -2.26. The molecular formula is C21H27ClN6O7P2. The predicted octanol–water partition coefficient (Wildman–Crippen LogP) is 3.67. The van der Waals surface area contributed by atoms with Gasteiger partial charge in [-0.25, -0.2) is 0 Å². The van der Waals surface area contributed by atoms with Gasteiger partial charge >= 0.3 is 15.2 Å². The maximum Gasteiger partial charge on any atom is 0.342 e. The molecule has 1 aliphatic carbocycles. The van der Waals surface area contributed by atoms with Gasteiger partial charge < -0.3 is 28.5 Å². The summed E-state index contributed by atoms with van der Waals surface area (Å²) in [7, 11) is -5.53. The van der Waals surface area contributed by atoms with Gasteiger partial charge in [0.2, 0.25) is 5.28 Å². The molecule has 1 saturated heterocycles. The minimum atomic E-state index is -4.59. The van der Waals surface area contributed by atoms with E-state index in [0.717, 1.165) is 20.0 Å². The molecule has 2 N–H and O–H groups in total. The van der Waals surface area contributed by atoms with Crippen molar-refractivity contribution in [2.45, 2.75) is 44.1 Å². The van der Waals surface area contributed by atoms with Crippen molar-refractivity contribution in [3.63, 3.8) is 0 Å². The molecule has 0 amide bonds. The van der Waals surface area contributed by atoms with Crippen molar-refractivity contribution >= 4 is 43.8 Å². The molecule has 1 aromatic carbocycles. The van der Waals surface area contributed by atoms with Crippen molar-refractivity contribution < 1.29 is 32.7 Å². The average molecular weight is 573 g/mol. The fourth-order valence-electron chi connectivity index (χ4n) is 4.88. The van der Waals surface area contributed by atoms with Crippen LogP contribution in [0.2, 0.25) is 5.28 Å². The number of fused-ring (bicyclic) bond motifs is 2. The summed E-state index contributed by atoms with van der Waals surface area (Å²) < 4.78 is 41.4. The van der Waals surface area contributed by atoms with E-state index >= 15 is 0 Å². The first kappa shape index (κ1) is 26.6. The SMILES string of the molecule is COP(=O)(CP(=O)(O)O)OC[C@@H]1CC[C@H](n2nnc3c(N(C)[C@H]4CCc5ccccc54)nc(Cl)nc32)O1. The van der Waals surface area contributed by atoms with Crippen LogP contribution in [0.3, 0.4) is 0 Å². The number of rotatable bonds is 9. The largest absolute Gasteiger partial charge is 0.351 e. The summed E-state index contributed by atoms with van der Waals surface area (Å²) in [5.74, 6) is -0.434. The molecule has 1 fully saturated rings. The number of hydrogen-bond donors (Lipinski definition) is 2. The third kappa shape index (κ3) is 5.60. The number of ether oxygens (including phenoxy) is 1. The van der Waals surface area contributed by atoms with E-state index in [2.05, 4.69) is 37.3 Å². The van der Waals surface area contributed by atoms with Gasteiger partial charge in [-0.05, 0) is 48.4 Å². The van der Waals surface area contributed by atoms with Gasteiger partial charge in [0.25, 0.3) is 0 Å². The Morgan fingerprint density at radius 3 is 2.76 bits per heavy atom. The summed E-state index contributed by atoms with van der Waals surface area (Å²) in [4.78, 5) is 29.2. The Labute approximate surface area is 217 Å². The molecule has 2 aliphatic rings. The van der Waals surface area contributed by atoms with Crippen LogP contribution in [0.15, 0.2) is 24.3 Å². The van der Waals surface area contributed by atoms with E-state index in [-0.39, 0.29) is 17.9 Å². The van der Waals surface area contributed by atoms with Crippen LogP contribution in [-0.2, 0) is 29.3 Å². The minimum absolute atomic E-state index is 0.0560. The van der Waals surface area contributed by atoms with Crippen molar-refractivity contribution in [2.24, 2.45) is 0 Å². The topological polar surface area (TPSA) is 162 Å². The van der Waals surface area contributed by atoms with Gasteiger partial charge in [0.05, 0.1) is 18.8 Å². The number of aromatic nitrogens is 5. The molecule has 0 radical (unpaired) electrons. The Kier molecular flexibility index (Phi) is 7.43. The van der Waals surface area contributed by atoms with E-state index in [0.29, 0.717) is 29.8 Å². The molecule has 16 heteroatoms. The summed E-state index contributed by atoms with van der Waals surface area (Å²) in [6, 6.07) is 8.44. The third-order valence-corrected chi connectivity index (χ3v) is 10.8. The number of anilines is 1. The second-order valence-electron chi connectivity index (χ2n) is 9.07. The summed E-state index contributed by atoms with van der Waals surface area (Å²) in [6.45, 7) is -0.168. The molecule has 3 aromatic rings. The van der Waals surface area contributed by atoms with Gasteiger partial charge in [-0.2, -0.15) is 14.6 Å². The number of halogens is 1. The van der Waals surface area contributed by atoms with Gasteiger partial charge in [-0.3, -0.25) is 9.13 Å². The van der Waals surface area contributed by atoms with Crippen molar-refractivity contribution in [2.75, 3.05) is 31.6 Å². The minimum Gasteiger partial charge on any atom is -0.351 e. The number of aryl methyl sites for hydroxylation is 1. The van der Waals surface area contributed by atoms with E-state index in [1.165, 1.54) is 15.8 Å². The number of benzene rings is 1. The molecule has 5 rings (SSSR count). The average Bonchev–Trinajstić information content (AvgIpc) is 3.58. The molecule has 1 unspecified atom stereocenters. The lowest BCUT2D eigenvalue weighted by Crippen LogP contribution is -2.24. The van der Waals surface area contributed by atoms with Crippen LogP contribution in [0.5, 0.6) is 0 Å². The van der Waals surface area contributed by atoms with Gasteiger partial charge in [-0.1, -0.05) is 29.5 Å². The molecule has 200 valence electrons. The Hall–Kier alpha value is -1.95. The van der Waals surface area contributed by atoms with E-state index in [9.17, 15) is 9.13 Å². The monoisotopic (exact) mass is 572 g/mol. The molecule has 1 aliphatic heterocycles. The smallest absolute Gasteiger partial charge is 0.342 e. The number of nitrogens with zero attached hydrogens (tertiary/aromatic N) is 6. The summed E-state index contributed by atoms with van der Waals surface area (Å²) in [5, 5.41) is 8.67. The van der Waals surface area contributed by atoms with E-state index < -0.39 is 33.4 Å². The number of hydrogen-bond acceptors (Lipinski definition) is 10. The summed E-state index contributed by atoms with van der Waals surface area (Å²) in [6.07, 6.45) is 1.93. The van der Waals surface area contributed by atoms with Crippen LogP contribution < -0.4 is 4.90 Å². The Morgan fingerprint density at radius 1 is 1.22 bits per heavy atom. The van der Waals surface area contributed by atoms with Crippen LogP contribution in [-0.4, -0.2) is 67.5 Å². The normalized spacial score (nSPS) is 23.3. The van der Waals surface area contributed by atoms with Crippen LogP contribution in [0.4, 0.5) is 5.82 Å². The van der Waals surface area contributed by atoms with Crippen LogP contribution in [0.1, 0.15) is 42.7 Å². The Bertz CT molecular complexity index is 1400. The molecule has 13 nitrogen and oxygen atoms in total. The first-order valence-electron chi connectivity index (χ1n) is 11.7. The molecule has 4 atom stereocenters. The van der Waals surface area contributed by atoms with Crippen LogP contribution in [0, 0.1) is 0 Å². The third-order valence-electron chi connectivity index (χ3n) is 6.63. The quantitative estimate of drug-likeness (QED) is 0.283.